The van der Waals surface area contributed by atoms with Gasteiger partial charge in [-0.3, -0.25) is 9.67 Å². The fourth-order valence-electron chi connectivity index (χ4n) is 3.29. The highest BCUT2D eigenvalue weighted by molar-refractivity contribution is 14.0. The van der Waals surface area contributed by atoms with Crippen molar-refractivity contribution in [3.8, 4) is 0 Å². The Kier molecular flexibility index (Phi) is 9.68. The van der Waals surface area contributed by atoms with Crippen molar-refractivity contribution in [2.45, 2.75) is 26.2 Å². The van der Waals surface area contributed by atoms with E-state index in [-0.39, 0.29) is 24.0 Å². The van der Waals surface area contributed by atoms with E-state index in [0.29, 0.717) is 0 Å². The minimum absolute atomic E-state index is 0. The fourth-order valence-corrected chi connectivity index (χ4v) is 3.29. The number of likely N-dealkylation sites (tertiary alicyclic amines) is 1. The van der Waals surface area contributed by atoms with E-state index in [9.17, 15) is 0 Å². The Morgan fingerprint density at radius 2 is 1.96 bits per heavy atom. The van der Waals surface area contributed by atoms with Gasteiger partial charge in [0.1, 0.15) is 12.1 Å². The van der Waals surface area contributed by atoms with Crippen LogP contribution in [-0.2, 0) is 7.05 Å². The molecule has 1 aliphatic rings. The second-order valence-corrected chi connectivity index (χ2v) is 6.74. The molecule has 9 nitrogen and oxygen atoms in total. The maximum atomic E-state index is 4.69. The van der Waals surface area contributed by atoms with Crippen molar-refractivity contribution in [1.29, 1.82) is 0 Å². The Hall–Kier alpha value is -1.69. The zero-order chi connectivity index (χ0) is 18.9. The van der Waals surface area contributed by atoms with Crippen molar-refractivity contribution in [2.75, 3.05) is 51.1 Å². The summed E-state index contributed by atoms with van der Waals surface area (Å²) in [7, 11) is 1.88. The minimum Gasteiger partial charge on any atom is -0.368 e. The van der Waals surface area contributed by atoms with Crippen molar-refractivity contribution < 1.29 is 0 Å². The molecule has 0 spiro atoms. The molecule has 0 bridgehead atoms. The molecule has 0 radical (unpaired) electrons. The summed E-state index contributed by atoms with van der Waals surface area (Å²) in [6, 6.07) is 0. The Bertz CT molecular complexity index is 740. The van der Waals surface area contributed by atoms with E-state index in [0.717, 1.165) is 55.5 Å². The van der Waals surface area contributed by atoms with Gasteiger partial charge in [0, 0.05) is 33.2 Å². The summed E-state index contributed by atoms with van der Waals surface area (Å²) < 4.78 is 1.75. The summed E-state index contributed by atoms with van der Waals surface area (Å²) >= 11 is 0. The number of halogens is 1. The largest absolute Gasteiger partial charge is 0.368 e. The molecule has 0 unspecified atom stereocenters. The Morgan fingerprint density at radius 1 is 1.14 bits per heavy atom. The number of aryl methyl sites for hydroxylation is 1. The van der Waals surface area contributed by atoms with Crippen molar-refractivity contribution >= 4 is 46.8 Å². The van der Waals surface area contributed by atoms with E-state index in [1.807, 2.05) is 7.05 Å². The van der Waals surface area contributed by atoms with Crippen molar-refractivity contribution in [3.05, 3.63) is 12.5 Å². The number of hydrogen-bond acceptors (Lipinski definition) is 6. The van der Waals surface area contributed by atoms with E-state index in [4.69, 9.17) is 4.99 Å². The second kappa shape index (κ2) is 12.0. The molecule has 0 atom stereocenters. The van der Waals surface area contributed by atoms with Crippen LogP contribution in [0.3, 0.4) is 0 Å². The molecule has 3 N–H and O–H groups in total. The third-order valence-electron chi connectivity index (χ3n) is 4.72. The van der Waals surface area contributed by atoms with Crippen molar-refractivity contribution in [2.24, 2.45) is 12.0 Å². The Morgan fingerprint density at radius 3 is 2.75 bits per heavy atom. The predicted molar refractivity (Wildman–Crippen MR) is 124 cm³/mol. The van der Waals surface area contributed by atoms with Gasteiger partial charge in [-0.1, -0.05) is 6.42 Å². The number of nitrogens with one attached hydrogen (secondary N) is 3. The number of aliphatic imine (C=N–C) groups is 1. The molecule has 0 aromatic carbocycles. The molecular weight excluding hydrogens is 469 g/mol. The average molecular weight is 501 g/mol. The summed E-state index contributed by atoms with van der Waals surface area (Å²) in [4.78, 5) is 15.8. The zero-order valence-corrected chi connectivity index (χ0v) is 19.1. The van der Waals surface area contributed by atoms with E-state index in [1.54, 1.807) is 17.2 Å². The van der Waals surface area contributed by atoms with Crippen LogP contribution in [-0.4, -0.2) is 76.4 Å². The Balaban J connectivity index is 0.00000280. The van der Waals surface area contributed by atoms with Crippen LogP contribution in [0.1, 0.15) is 26.2 Å². The standard InChI is InChI=1S/C18H31N9.HI/c1-3-19-18(22-9-12-27-10-5-4-6-11-27)21-8-7-20-16-15-13-25-26(2)17(15)24-14-23-16;/h13-14H,3-12H2,1-2H3,(H2,19,21,22)(H,20,23,24);1H. The number of piperidine rings is 1. The first-order chi connectivity index (χ1) is 13.3. The first-order valence-electron chi connectivity index (χ1n) is 9.89. The van der Waals surface area contributed by atoms with Gasteiger partial charge in [0.25, 0.3) is 0 Å². The van der Waals surface area contributed by atoms with Gasteiger partial charge in [-0.2, -0.15) is 5.10 Å². The van der Waals surface area contributed by atoms with Gasteiger partial charge in [-0.25, -0.2) is 9.97 Å². The average Bonchev–Trinajstić information content (AvgIpc) is 3.08. The highest BCUT2D eigenvalue weighted by atomic mass is 127. The van der Waals surface area contributed by atoms with Crippen LogP contribution in [0.15, 0.2) is 17.5 Å². The number of guanidine groups is 1. The number of nitrogens with zero attached hydrogens (tertiary/aromatic N) is 6. The summed E-state index contributed by atoms with van der Waals surface area (Å²) in [6.45, 7) is 8.71. The molecule has 0 saturated carbocycles. The Labute approximate surface area is 183 Å². The van der Waals surface area contributed by atoms with Crippen molar-refractivity contribution in [1.82, 2.24) is 35.3 Å². The lowest BCUT2D eigenvalue weighted by Crippen LogP contribution is -2.40. The molecule has 28 heavy (non-hydrogen) atoms. The van der Waals surface area contributed by atoms with Gasteiger partial charge in [0.05, 0.1) is 18.1 Å². The number of fused-ring (bicyclic) bond motifs is 1. The highest BCUT2D eigenvalue weighted by Crippen LogP contribution is 2.17. The number of anilines is 1. The molecule has 10 heteroatoms. The normalized spacial score (nSPS) is 15.3. The first kappa shape index (κ1) is 22.6. The smallest absolute Gasteiger partial charge is 0.191 e. The zero-order valence-electron chi connectivity index (χ0n) is 16.8. The molecule has 3 heterocycles. The lowest BCUT2D eigenvalue weighted by Gasteiger charge is -2.25. The van der Waals surface area contributed by atoms with Crippen LogP contribution in [0.2, 0.25) is 0 Å². The topological polar surface area (TPSA) is 95.3 Å². The van der Waals surface area contributed by atoms with Crippen LogP contribution in [0.25, 0.3) is 11.0 Å². The SMILES string of the molecule is CCNC(=NCCN1CCCCC1)NCCNc1ncnc2c1cnn2C.I. The van der Waals surface area contributed by atoms with Crippen LogP contribution < -0.4 is 16.0 Å². The first-order valence-corrected chi connectivity index (χ1v) is 9.89. The quantitative estimate of drug-likeness (QED) is 0.218. The molecule has 2 aromatic heterocycles. The lowest BCUT2D eigenvalue weighted by atomic mass is 10.1. The van der Waals surface area contributed by atoms with E-state index >= 15 is 0 Å². The monoisotopic (exact) mass is 501 g/mol. The van der Waals surface area contributed by atoms with Crippen LogP contribution in [0.4, 0.5) is 5.82 Å². The van der Waals surface area contributed by atoms with Crippen LogP contribution in [0.5, 0.6) is 0 Å². The van der Waals surface area contributed by atoms with Crippen LogP contribution in [0, 0.1) is 0 Å². The van der Waals surface area contributed by atoms with E-state index in [1.165, 1.54) is 32.4 Å². The number of rotatable bonds is 8. The molecule has 1 saturated heterocycles. The summed E-state index contributed by atoms with van der Waals surface area (Å²) in [5, 5.41) is 15.2. The maximum absolute atomic E-state index is 4.69. The molecule has 0 amide bonds. The van der Waals surface area contributed by atoms with Gasteiger partial charge >= 0.3 is 0 Å². The fraction of sp³-hybridized carbons (Fsp3) is 0.667. The lowest BCUT2D eigenvalue weighted by molar-refractivity contribution is 0.235. The van der Waals surface area contributed by atoms with Crippen molar-refractivity contribution in [3.63, 3.8) is 0 Å². The maximum Gasteiger partial charge on any atom is 0.191 e. The van der Waals surface area contributed by atoms with Gasteiger partial charge in [0.15, 0.2) is 11.6 Å². The second-order valence-electron chi connectivity index (χ2n) is 6.74. The van der Waals surface area contributed by atoms with Gasteiger partial charge in [-0.05, 0) is 32.9 Å². The van der Waals surface area contributed by atoms with Gasteiger partial charge in [0.2, 0.25) is 0 Å². The predicted octanol–water partition coefficient (Wildman–Crippen LogP) is 1.43. The van der Waals surface area contributed by atoms with Gasteiger partial charge in [-0.15, -0.1) is 24.0 Å². The summed E-state index contributed by atoms with van der Waals surface area (Å²) in [6.07, 6.45) is 7.36. The third-order valence-corrected chi connectivity index (χ3v) is 4.72. The molecule has 156 valence electrons. The summed E-state index contributed by atoms with van der Waals surface area (Å²) in [5.41, 5.74) is 0.827. The third kappa shape index (κ3) is 6.43. The van der Waals surface area contributed by atoms with Crippen LogP contribution >= 0.6 is 24.0 Å². The minimum atomic E-state index is 0. The van der Waals surface area contributed by atoms with Gasteiger partial charge < -0.3 is 20.9 Å². The molecular formula is C18H32IN9. The van der Waals surface area contributed by atoms with E-state index in [2.05, 4.69) is 42.8 Å². The molecule has 1 aliphatic heterocycles. The number of hydrogen-bond donors (Lipinski definition) is 3. The number of aromatic nitrogens is 4. The molecule has 0 aliphatic carbocycles. The highest BCUT2D eigenvalue weighted by Gasteiger charge is 2.09. The molecule has 2 aromatic rings. The van der Waals surface area contributed by atoms with E-state index < -0.39 is 0 Å². The molecule has 3 rings (SSSR count). The summed E-state index contributed by atoms with van der Waals surface area (Å²) in [5.74, 6) is 1.67. The molecule has 1 fully saturated rings.